The zero-order chi connectivity index (χ0) is 28.9. The van der Waals surface area contributed by atoms with E-state index in [0.29, 0.717) is 42.9 Å². The first-order chi connectivity index (χ1) is 20.5. The number of hydrogen-bond acceptors (Lipinski definition) is 7. The van der Waals surface area contributed by atoms with Gasteiger partial charge in [-0.25, -0.2) is 14.4 Å². The molecule has 0 radical (unpaired) electrons. The minimum Gasteiger partial charge on any atom is -0.487 e. The molecule has 1 atom stereocenters. The average molecular weight is 588 g/mol. The molecule has 1 aliphatic rings. The number of anilines is 2. The second-order valence-corrected chi connectivity index (χ2v) is 10.7. The van der Waals surface area contributed by atoms with E-state index in [9.17, 15) is 9.50 Å². The summed E-state index contributed by atoms with van der Waals surface area (Å²) >= 11 is 6.51. The minimum atomic E-state index is -0.464. The first-order valence-corrected chi connectivity index (χ1v) is 14.2. The average Bonchev–Trinajstić information content (AvgIpc) is 3.45. The molecule has 0 amide bonds. The molecule has 8 nitrogen and oxygen atoms in total. The minimum absolute atomic E-state index is 0.206. The molecular weight excluding hydrogens is 557 g/mol. The van der Waals surface area contributed by atoms with Crippen molar-refractivity contribution in [2.24, 2.45) is 0 Å². The number of nitrogens with one attached hydrogen (secondary N) is 1. The Balaban J connectivity index is 1.15. The highest BCUT2D eigenvalue weighted by Gasteiger charge is 2.16. The van der Waals surface area contributed by atoms with Crippen molar-refractivity contribution in [3.05, 3.63) is 102 Å². The van der Waals surface area contributed by atoms with Gasteiger partial charge in [0.2, 0.25) is 0 Å². The van der Waals surface area contributed by atoms with Gasteiger partial charge in [-0.05, 0) is 65.2 Å². The molecule has 2 aromatic heterocycles. The van der Waals surface area contributed by atoms with Crippen molar-refractivity contribution in [2.75, 3.05) is 38.2 Å². The van der Waals surface area contributed by atoms with Gasteiger partial charge in [0.25, 0.3) is 0 Å². The van der Waals surface area contributed by atoms with E-state index < -0.39 is 6.10 Å². The fraction of sp³-hybridized carbons (Fsp3) is 0.250. The van der Waals surface area contributed by atoms with E-state index in [0.717, 1.165) is 46.4 Å². The van der Waals surface area contributed by atoms with E-state index in [2.05, 4.69) is 26.3 Å². The Hall–Kier alpha value is -4.02. The summed E-state index contributed by atoms with van der Waals surface area (Å²) in [6, 6.07) is 19.8. The Morgan fingerprint density at radius 2 is 1.88 bits per heavy atom. The van der Waals surface area contributed by atoms with Crippen molar-refractivity contribution in [3.8, 4) is 16.9 Å². The fourth-order valence-electron chi connectivity index (χ4n) is 5.06. The Bertz CT molecular complexity index is 1670. The molecule has 0 unspecified atom stereocenters. The zero-order valence-electron chi connectivity index (χ0n) is 22.9. The monoisotopic (exact) mass is 587 g/mol. The zero-order valence-corrected chi connectivity index (χ0v) is 23.7. The lowest BCUT2D eigenvalue weighted by Gasteiger charge is -2.28. The van der Waals surface area contributed by atoms with Crippen molar-refractivity contribution >= 4 is 34.0 Å². The summed E-state index contributed by atoms with van der Waals surface area (Å²) in [5, 5.41) is 15.3. The molecule has 6 rings (SSSR count). The van der Waals surface area contributed by atoms with Gasteiger partial charge in [0, 0.05) is 49.6 Å². The lowest BCUT2D eigenvalue weighted by Crippen LogP contribution is -2.41. The number of β-amino-alcohol motifs (C(OH)–C–C–N with tert-alkyl or cyclic N) is 1. The molecule has 0 bridgehead atoms. The second-order valence-electron chi connectivity index (χ2n) is 10.3. The van der Waals surface area contributed by atoms with Crippen LogP contribution in [0.25, 0.3) is 22.0 Å². The topological polar surface area (TPSA) is 84.7 Å². The number of aliphatic hydroxyl groups excluding tert-OH is 1. The van der Waals surface area contributed by atoms with Gasteiger partial charge >= 0.3 is 0 Å². The maximum atomic E-state index is 13.5. The normalized spacial score (nSPS) is 14.6. The molecule has 3 aromatic carbocycles. The molecule has 216 valence electrons. The van der Waals surface area contributed by atoms with Crippen LogP contribution in [0.15, 0.2) is 85.5 Å². The highest BCUT2D eigenvalue weighted by Crippen LogP contribution is 2.32. The SMILES string of the molecule is O[C@@H](CN1CCOCC1)Cn1ccc(-c2ccc3ncnc(Nc4ccc(OCc5cccc(F)c5)c(Cl)c4)c3c2)c1. The third-order valence-electron chi connectivity index (χ3n) is 7.19. The number of aliphatic hydroxyl groups is 1. The third kappa shape index (κ3) is 6.88. The van der Waals surface area contributed by atoms with E-state index in [1.54, 1.807) is 24.3 Å². The molecule has 1 aliphatic heterocycles. The summed E-state index contributed by atoms with van der Waals surface area (Å²) in [5.41, 5.74) is 4.31. The van der Waals surface area contributed by atoms with Crippen molar-refractivity contribution in [1.82, 2.24) is 19.4 Å². The summed E-state index contributed by atoms with van der Waals surface area (Å²) in [6.07, 6.45) is 5.09. The van der Waals surface area contributed by atoms with Crippen LogP contribution in [0.3, 0.4) is 0 Å². The van der Waals surface area contributed by atoms with Crippen molar-refractivity contribution in [1.29, 1.82) is 0 Å². The van der Waals surface area contributed by atoms with Crippen LogP contribution in [0.1, 0.15) is 5.56 Å². The molecule has 2 N–H and O–H groups in total. The number of halogens is 2. The van der Waals surface area contributed by atoms with Gasteiger partial charge in [-0.1, -0.05) is 29.8 Å². The molecule has 1 saturated heterocycles. The van der Waals surface area contributed by atoms with Crippen LogP contribution in [-0.2, 0) is 17.9 Å². The Labute approximate surface area is 248 Å². The number of nitrogens with zero attached hydrogens (tertiary/aromatic N) is 4. The summed E-state index contributed by atoms with van der Waals surface area (Å²) < 4.78 is 26.7. The number of rotatable bonds is 10. The predicted molar refractivity (Wildman–Crippen MR) is 162 cm³/mol. The number of morpholine rings is 1. The summed E-state index contributed by atoms with van der Waals surface area (Å²) in [4.78, 5) is 11.2. The van der Waals surface area contributed by atoms with Crippen LogP contribution in [0, 0.1) is 5.82 Å². The number of hydrogen-bond donors (Lipinski definition) is 2. The number of ether oxygens (including phenoxy) is 2. The van der Waals surface area contributed by atoms with Crippen LogP contribution < -0.4 is 10.1 Å². The van der Waals surface area contributed by atoms with E-state index in [-0.39, 0.29) is 12.4 Å². The Morgan fingerprint density at radius 3 is 2.71 bits per heavy atom. The van der Waals surface area contributed by atoms with E-state index in [1.165, 1.54) is 18.5 Å². The lowest BCUT2D eigenvalue weighted by atomic mass is 10.1. The molecule has 42 heavy (non-hydrogen) atoms. The molecular formula is C32H31ClFN5O3. The van der Waals surface area contributed by atoms with Crippen molar-refractivity contribution in [2.45, 2.75) is 19.3 Å². The number of fused-ring (bicyclic) bond motifs is 1. The molecule has 0 aliphatic carbocycles. The highest BCUT2D eigenvalue weighted by atomic mass is 35.5. The summed E-state index contributed by atoms with van der Waals surface area (Å²) in [7, 11) is 0. The van der Waals surface area contributed by atoms with E-state index >= 15 is 0 Å². The highest BCUT2D eigenvalue weighted by molar-refractivity contribution is 6.32. The van der Waals surface area contributed by atoms with Crippen LogP contribution in [0.2, 0.25) is 5.02 Å². The smallest absolute Gasteiger partial charge is 0.141 e. The van der Waals surface area contributed by atoms with E-state index in [1.807, 2.05) is 41.2 Å². The molecule has 5 aromatic rings. The standard InChI is InChI=1S/C32H31ClFN5O3/c33-29-16-26(5-7-31(29)42-20-22-2-1-3-25(34)14-22)37-32-28-15-23(4-6-30(28)35-21-36-32)24-8-9-39(17-24)19-27(40)18-38-10-12-41-13-11-38/h1-9,14-17,21,27,40H,10-13,18-20H2,(H,35,36,37)/t27-/m0/s1. The van der Waals surface area contributed by atoms with Crippen molar-refractivity contribution < 1.29 is 19.0 Å². The van der Waals surface area contributed by atoms with Gasteiger partial charge in [-0.2, -0.15) is 0 Å². The number of benzene rings is 3. The Kier molecular flexibility index (Phi) is 8.62. The van der Waals surface area contributed by atoms with Gasteiger partial charge < -0.3 is 24.5 Å². The van der Waals surface area contributed by atoms with Crippen LogP contribution >= 0.6 is 11.6 Å². The van der Waals surface area contributed by atoms with Gasteiger partial charge in [0.1, 0.15) is 30.3 Å². The number of aromatic nitrogens is 3. The van der Waals surface area contributed by atoms with Crippen LogP contribution in [-0.4, -0.2) is 63.5 Å². The fourth-order valence-corrected chi connectivity index (χ4v) is 5.30. The molecule has 10 heteroatoms. The van der Waals surface area contributed by atoms with Gasteiger partial charge in [0.15, 0.2) is 0 Å². The van der Waals surface area contributed by atoms with Gasteiger partial charge in [0.05, 0.1) is 29.9 Å². The summed E-state index contributed by atoms with van der Waals surface area (Å²) in [6.45, 7) is 4.49. The molecule has 3 heterocycles. The molecule has 1 fully saturated rings. The molecule has 0 saturated carbocycles. The molecule has 0 spiro atoms. The maximum Gasteiger partial charge on any atom is 0.141 e. The third-order valence-corrected chi connectivity index (χ3v) is 7.49. The van der Waals surface area contributed by atoms with Gasteiger partial charge in [-0.15, -0.1) is 0 Å². The van der Waals surface area contributed by atoms with Crippen molar-refractivity contribution in [3.63, 3.8) is 0 Å². The maximum absolute atomic E-state index is 13.5. The predicted octanol–water partition coefficient (Wildman–Crippen LogP) is 5.91. The summed E-state index contributed by atoms with van der Waals surface area (Å²) in [5.74, 6) is 0.838. The largest absolute Gasteiger partial charge is 0.487 e. The Morgan fingerprint density at radius 1 is 1.00 bits per heavy atom. The van der Waals surface area contributed by atoms with Crippen LogP contribution in [0.4, 0.5) is 15.9 Å². The van der Waals surface area contributed by atoms with Crippen LogP contribution in [0.5, 0.6) is 5.75 Å². The first kappa shape index (κ1) is 28.1. The first-order valence-electron chi connectivity index (χ1n) is 13.8. The quantitative estimate of drug-likeness (QED) is 0.210. The van der Waals surface area contributed by atoms with E-state index in [4.69, 9.17) is 21.1 Å². The lowest BCUT2D eigenvalue weighted by molar-refractivity contribution is 0.0115. The second kappa shape index (κ2) is 12.9. The van der Waals surface area contributed by atoms with Gasteiger partial charge in [-0.3, -0.25) is 4.90 Å².